The molecule has 3 N–H and O–H groups in total. The number of carbonyl (C=O) groups is 2. The smallest absolute Gasteiger partial charge is 0.332 e. The molecule has 0 aliphatic rings. The van der Waals surface area contributed by atoms with Crippen molar-refractivity contribution < 1.29 is 24.5 Å². The predicted octanol–water partition coefficient (Wildman–Crippen LogP) is -0.247. The summed E-state index contributed by atoms with van der Waals surface area (Å²) in [5, 5.41) is 19.7. The number of amides is 1. The molecule has 0 aromatic carbocycles. The van der Waals surface area contributed by atoms with Crippen molar-refractivity contribution in [2.75, 3.05) is 13.2 Å². The molecule has 0 aromatic heterocycles. The first-order valence-electron chi connectivity index (χ1n) is 5.04. The van der Waals surface area contributed by atoms with E-state index in [1.165, 1.54) is 0 Å². The minimum Gasteiger partial charge on any atom is -0.479 e. The van der Waals surface area contributed by atoms with Crippen molar-refractivity contribution in [1.82, 2.24) is 5.32 Å². The Labute approximate surface area is 94.6 Å². The van der Waals surface area contributed by atoms with Crippen LogP contribution in [0.4, 0.5) is 0 Å². The van der Waals surface area contributed by atoms with E-state index in [0.717, 1.165) is 0 Å². The van der Waals surface area contributed by atoms with Crippen molar-refractivity contribution >= 4 is 11.9 Å². The van der Waals surface area contributed by atoms with Crippen molar-refractivity contribution in [3.63, 3.8) is 0 Å². The SMILES string of the molecule is CC(C)(C)OCC(=O)NCCC(O)C(=O)O. The van der Waals surface area contributed by atoms with Crippen LogP contribution in [0.3, 0.4) is 0 Å². The van der Waals surface area contributed by atoms with Gasteiger partial charge in [0.2, 0.25) is 5.91 Å². The molecule has 1 unspecified atom stereocenters. The Morgan fingerprint density at radius 1 is 1.38 bits per heavy atom. The summed E-state index contributed by atoms with van der Waals surface area (Å²) in [5.41, 5.74) is -0.391. The summed E-state index contributed by atoms with van der Waals surface area (Å²) in [6, 6.07) is 0. The van der Waals surface area contributed by atoms with E-state index in [1.54, 1.807) is 0 Å². The summed E-state index contributed by atoms with van der Waals surface area (Å²) in [5.74, 6) is -1.62. The van der Waals surface area contributed by atoms with Crippen molar-refractivity contribution in [2.45, 2.75) is 38.9 Å². The normalized spacial score (nSPS) is 13.2. The summed E-state index contributed by atoms with van der Waals surface area (Å²) in [6.45, 7) is 5.52. The molecule has 0 rings (SSSR count). The third-order valence-corrected chi connectivity index (χ3v) is 1.66. The highest BCUT2D eigenvalue weighted by molar-refractivity contribution is 5.77. The van der Waals surface area contributed by atoms with Crippen molar-refractivity contribution in [3.8, 4) is 0 Å². The van der Waals surface area contributed by atoms with Gasteiger partial charge in [0.05, 0.1) is 5.60 Å². The molecular formula is C10H19NO5. The number of ether oxygens (including phenoxy) is 1. The number of hydrogen-bond acceptors (Lipinski definition) is 4. The zero-order valence-corrected chi connectivity index (χ0v) is 9.82. The Balaban J connectivity index is 3.63. The quantitative estimate of drug-likeness (QED) is 0.588. The fourth-order valence-corrected chi connectivity index (χ4v) is 0.805. The molecule has 0 bridgehead atoms. The average Bonchev–Trinajstić information content (AvgIpc) is 2.13. The van der Waals surface area contributed by atoms with Gasteiger partial charge in [-0.1, -0.05) is 0 Å². The van der Waals surface area contributed by atoms with Gasteiger partial charge in [0, 0.05) is 13.0 Å². The maximum Gasteiger partial charge on any atom is 0.332 e. The van der Waals surface area contributed by atoms with Gasteiger partial charge in [0.15, 0.2) is 6.10 Å². The maximum atomic E-state index is 11.2. The molecule has 1 amide bonds. The highest BCUT2D eigenvalue weighted by Gasteiger charge is 2.14. The van der Waals surface area contributed by atoms with E-state index in [1.807, 2.05) is 20.8 Å². The predicted molar refractivity (Wildman–Crippen MR) is 57.0 cm³/mol. The lowest BCUT2D eigenvalue weighted by Gasteiger charge is -2.19. The third kappa shape index (κ3) is 8.19. The van der Waals surface area contributed by atoms with Crippen LogP contribution in [0.1, 0.15) is 27.2 Å². The van der Waals surface area contributed by atoms with Gasteiger partial charge in [0.25, 0.3) is 0 Å². The number of carboxylic acids is 1. The molecule has 94 valence electrons. The topological polar surface area (TPSA) is 95.9 Å². The van der Waals surface area contributed by atoms with Crippen LogP contribution in [0.2, 0.25) is 0 Å². The van der Waals surface area contributed by atoms with Crippen LogP contribution in [0.5, 0.6) is 0 Å². The summed E-state index contributed by atoms with van der Waals surface area (Å²) in [6.07, 6.45) is -1.46. The molecular weight excluding hydrogens is 214 g/mol. The molecule has 0 aliphatic heterocycles. The van der Waals surface area contributed by atoms with Gasteiger partial charge in [-0.3, -0.25) is 4.79 Å². The number of aliphatic hydroxyl groups excluding tert-OH is 1. The number of aliphatic carboxylic acids is 1. The monoisotopic (exact) mass is 233 g/mol. The Kier molecular flexibility index (Phi) is 5.98. The van der Waals surface area contributed by atoms with Crippen LogP contribution in [0, 0.1) is 0 Å². The van der Waals surface area contributed by atoms with E-state index in [2.05, 4.69) is 5.32 Å². The molecule has 0 spiro atoms. The molecule has 0 radical (unpaired) electrons. The van der Waals surface area contributed by atoms with Crippen LogP contribution in [-0.4, -0.2) is 46.9 Å². The lowest BCUT2D eigenvalue weighted by molar-refractivity contribution is -0.147. The van der Waals surface area contributed by atoms with E-state index in [-0.39, 0.29) is 25.5 Å². The standard InChI is InChI=1S/C10H19NO5/c1-10(2,3)16-6-8(13)11-5-4-7(12)9(14)15/h7,12H,4-6H2,1-3H3,(H,11,13)(H,14,15). The minimum atomic E-state index is -1.44. The molecule has 0 heterocycles. The summed E-state index contributed by atoms with van der Waals surface area (Å²) < 4.78 is 5.21. The van der Waals surface area contributed by atoms with Crippen molar-refractivity contribution in [3.05, 3.63) is 0 Å². The third-order valence-electron chi connectivity index (χ3n) is 1.66. The molecule has 0 aromatic rings. The van der Waals surface area contributed by atoms with Crippen LogP contribution in [-0.2, 0) is 14.3 Å². The van der Waals surface area contributed by atoms with Crippen LogP contribution in [0.25, 0.3) is 0 Å². The highest BCUT2D eigenvalue weighted by Crippen LogP contribution is 2.05. The Morgan fingerprint density at radius 3 is 2.38 bits per heavy atom. The molecule has 6 nitrogen and oxygen atoms in total. The van der Waals surface area contributed by atoms with E-state index in [0.29, 0.717) is 0 Å². The number of aliphatic hydroxyl groups is 1. The largest absolute Gasteiger partial charge is 0.479 e. The fraction of sp³-hybridized carbons (Fsp3) is 0.800. The molecule has 0 fully saturated rings. The highest BCUT2D eigenvalue weighted by atomic mass is 16.5. The van der Waals surface area contributed by atoms with Crippen LogP contribution in [0.15, 0.2) is 0 Å². The van der Waals surface area contributed by atoms with Gasteiger partial charge < -0.3 is 20.3 Å². The second-order valence-corrected chi connectivity index (χ2v) is 4.39. The lowest BCUT2D eigenvalue weighted by atomic mass is 10.2. The molecule has 6 heteroatoms. The summed E-state index contributed by atoms with van der Waals surface area (Å²) in [7, 11) is 0. The van der Waals surface area contributed by atoms with Gasteiger partial charge in [-0.2, -0.15) is 0 Å². The second kappa shape index (κ2) is 6.44. The number of hydrogen-bond donors (Lipinski definition) is 3. The fourth-order valence-electron chi connectivity index (χ4n) is 0.805. The van der Waals surface area contributed by atoms with Crippen molar-refractivity contribution in [1.29, 1.82) is 0 Å². The van der Waals surface area contributed by atoms with E-state index in [4.69, 9.17) is 14.9 Å². The molecule has 16 heavy (non-hydrogen) atoms. The number of carboxylic acid groups (broad SMARTS) is 1. The molecule has 1 atom stereocenters. The first-order chi connectivity index (χ1) is 7.22. The maximum absolute atomic E-state index is 11.2. The van der Waals surface area contributed by atoms with Gasteiger partial charge in [-0.25, -0.2) is 4.79 Å². The van der Waals surface area contributed by atoms with Gasteiger partial charge >= 0.3 is 5.97 Å². The van der Waals surface area contributed by atoms with Crippen LogP contribution >= 0.6 is 0 Å². The average molecular weight is 233 g/mol. The first-order valence-corrected chi connectivity index (χ1v) is 5.04. The van der Waals surface area contributed by atoms with Gasteiger partial charge in [-0.05, 0) is 20.8 Å². The molecule has 0 saturated heterocycles. The summed E-state index contributed by atoms with van der Waals surface area (Å²) >= 11 is 0. The zero-order valence-electron chi connectivity index (χ0n) is 9.82. The molecule has 0 saturated carbocycles. The molecule has 0 aliphatic carbocycles. The Bertz CT molecular complexity index is 246. The van der Waals surface area contributed by atoms with E-state index >= 15 is 0 Å². The number of nitrogens with one attached hydrogen (secondary N) is 1. The van der Waals surface area contributed by atoms with Gasteiger partial charge in [0.1, 0.15) is 6.61 Å². The van der Waals surface area contributed by atoms with Crippen LogP contribution < -0.4 is 5.32 Å². The number of rotatable bonds is 6. The van der Waals surface area contributed by atoms with E-state index < -0.39 is 17.7 Å². The number of carbonyl (C=O) groups excluding carboxylic acids is 1. The minimum absolute atomic E-state index is 0.0173. The lowest BCUT2D eigenvalue weighted by Crippen LogP contribution is -2.34. The second-order valence-electron chi connectivity index (χ2n) is 4.39. The summed E-state index contributed by atoms with van der Waals surface area (Å²) in [4.78, 5) is 21.4. The Hall–Kier alpha value is -1.14. The van der Waals surface area contributed by atoms with Gasteiger partial charge in [-0.15, -0.1) is 0 Å². The first kappa shape index (κ1) is 14.9. The van der Waals surface area contributed by atoms with E-state index in [9.17, 15) is 9.59 Å². The zero-order chi connectivity index (χ0) is 12.8. The van der Waals surface area contributed by atoms with Crippen molar-refractivity contribution in [2.24, 2.45) is 0 Å². The Morgan fingerprint density at radius 2 is 1.94 bits per heavy atom.